The van der Waals surface area contributed by atoms with Crippen LogP contribution in [0.4, 0.5) is 4.39 Å². The zero-order valence-electron chi connectivity index (χ0n) is 5.66. The molecule has 0 saturated heterocycles. The van der Waals surface area contributed by atoms with Gasteiger partial charge < -0.3 is 5.73 Å². The van der Waals surface area contributed by atoms with Gasteiger partial charge in [0.1, 0.15) is 0 Å². The zero-order valence-corrected chi connectivity index (χ0v) is 5.66. The second-order valence-corrected chi connectivity index (χ2v) is 2.32. The van der Waals surface area contributed by atoms with Gasteiger partial charge in [-0.3, -0.25) is 10.1 Å². The average Bonchev–Trinajstić information content (AvgIpc) is 1.95. The largest absolute Gasteiger partial charge is 0.399 e. The molecular formula is C6H7FN2O2. The minimum atomic E-state index is -2.46. The molecule has 0 aliphatic heterocycles. The lowest BCUT2D eigenvalue weighted by Crippen LogP contribution is -2.31. The van der Waals surface area contributed by atoms with Crippen molar-refractivity contribution in [3.63, 3.8) is 0 Å². The van der Waals surface area contributed by atoms with Gasteiger partial charge in [0, 0.05) is 11.8 Å². The minimum absolute atomic E-state index is 0.289. The first kappa shape index (κ1) is 7.71. The molecule has 5 heteroatoms. The summed E-state index contributed by atoms with van der Waals surface area (Å²) in [6.07, 6.45) is 3.07. The SMILES string of the molecule is NC1=CCC(F)([N+](=O)[O-])C=C1. The van der Waals surface area contributed by atoms with Crippen molar-refractivity contribution in [3.05, 3.63) is 34.0 Å². The van der Waals surface area contributed by atoms with Crippen LogP contribution in [0.1, 0.15) is 6.42 Å². The molecule has 0 spiro atoms. The lowest BCUT2D eigenvalue weighted by Gasteiger charge is -2.13. The highest BCUT2D eigenvalue weighted by Crippen LogP contribution is 2.23. The summed E-state index contributed by atoms with van der Waals surface area (Å²) in [4.78, 5) is 9.13. The lowest BCUT2D eigenvalue weighted by atomic mass is 10.1. The van der Waals surface area contributed by atoms with Crippen molar-refractivity contribution in [2.24, 2.45) is 5.73 Å². The van der Waals surface area contributed by atoms with E-state index in [4.69, 9.17) is 5.73 Å². The monoisotopic (exact) mass is 158 g/mol. The van der Waals surface area contributed by atoms with Gasteiger partial charge in [-0.25, -0.2) is 0 Å². The molecule has 1 atom stereocenters. The van der Waals surface area contributed by atoms with Crippen LogP contribution in [0.15, 0.2) is 23.9 Å². The second kappa shape index (κ2) is 2.34. The summed E-state index contributed by atoms with van der Waals surface area (Å²) in [5.74, 6) is -2.46. The highest BCUT2D eigenvalue weighted by atomic mass is 19.1. The van der Waals surface area contributed by atoms with Gasteiger partial charge in [-0.15, -0.1) is 0 Å². The van der Waals surface area contributed by atoms with Crippen molar-refractivity contribution in [3.8, 4) is 0 Å². The van der Waals surface area contributed by atoms with E-state index in [9.17, 15) is 14.5 Å². The molecule has 0 aromatic carbocycles. The zero-order chi connectivity index (χ0) is 8.48. The van der Waals surface area contributed by atoms with Crippen molar-refractivity contribution in [2.75, 3.05) is 0 Å². The number of nitro groups is 1. The van der Waals surface area contributed by atoms with Crippen LogP contribution < -0.4 is 5.73 Å². The maximum absolute atomic E-state index is 13.0. The molecule has 0 saturated carbocycles. The third-order valence-corrected chi connectivity index (χ3v) is 1.46. The smallest absolute Gasteiger partial charge is 0.381 e. The molecule has 0 radical (unpaired) electrons. The lowest BCUT2D eigenvalue weighted by molar-refractivity contribution is -0.588. The van der Waals surface area contributed by atoms with Crippen LogP contribution in [-0.2, 0) is 0 Å². The molecule has 0 amide bonds. The maximum Gasteiger partial charge on any atom is 0.381 e. The van der Waals surface area contributed by atoms with Crippen LogP contribution in [0.2, 0.25) is 0 Å². The topological polar surface area (TPSA) is 69.2 Å². The third kappa shape index (κ3) is 1.36. The summed E-state index contributed by atoms with van der Waals surface area (Å²) in [6, 6.07) is 0. The van der Waals surface area contributed by atoms with E-state index in [0.29, 0.717) is 5.70 Å². The Labute approximate surface area is 62.3 Å². The first-order valence-electron chi connectivity index (χ1n) is 3.03. The molecule has 0 bridgehead atoms. The van der Waals surface area contributed by atoms with E-state index in [1.165, 1.54) is 12.2 Å². The van der Waals surface area contributed by atoms with E-state index in [0.717, 1.165) is 6.08 Å². The van der Waals surface area contributed by atoms with Crippen LogP contribution in [-0.4, -0.2) is 10.7 Å². The van der Waals surface area contributed by atoms with Crippen molar-refractivity contribution in [1.29, 1.82) is 0 Å². The first-order valence-corrected chi connectivity index (χ1v) is 3.03. The molecule has 1 aliphatic rings. The Morgan fingerprint density at radius 1 is 1.82 bits per heavy atom. The van der Waals surface area contributed by atoms with Gasteiger partial charge in [-0.05, 0) is 6.08 Å². The van der Waals surface area contributed by atoms with Crippen molar-refractivity contribution in [2.45, 2.75) is 12.2 Å². The molecule has 4 nitrogen and oxygen atoms in total. The van der Waals surface area contributed by atoms with Gasteiger partial charge in [0.15, 0.2) is 0 Å². The predicted molar refractivity (Wildman–Crippen MR) is 36.9 cm³/mol. The van der Waals surface area contributed by atoms with E-state index >= 15 is 0 Å². The number of rotatable bonds is 1. The number of hydrogen-bond acceptors (Lipinski definition) is 3. The van der Waals surface area contributed by atoms with Crippen LogP contribution in [0.25, 0.3) is 0 Å². The Morgan fingerprint density at radius 3 is 2.82 bits per heavy atom. The van der Waals surface area contributed by atoms with E-state index in [1.54, 1.807) is 0 Å². The summed E-state index contributed by atoms with van der Waals surface area (Å²) >= 11 is 0. The molecule has 0 aromatic rings. The van der Waals surface area contributed by atoms with E-state index in [1.807, 2.05) is 0 Å². The highest BCUT2D eigenvalue weighted by Gasteiger charge is 2.40. The van der Waals surface area contributed by atoms with Crippen LogP contribution in [0, 0.1) is 10.1 Å². The highest BCUT2D eigenvalue weighted by molar-refractivity contribution is 5.22. The summed E-state index contributed by atoms with van der Waals surface area (Å²) < 4.78 is 13.0. The Balaban J connectivity index is 2.82. The Bertz CT molecular complexity index is 249. The molecule has 1 rings (SSSR count). The van der Waals surface area contributed by atoms with Gasteiger partial charge >= 0.3 is 5.79 Å². The number of halogens is 1. The van der Waals surface area contributed by atoms with E-state index in [2.05, 4.69) is 0 Å². The summed E-state index contributed by atoms with van der Waals surface area (Å²) in [7, 11) is 0. The van der Waals surface area contributed by atoms with Gasteiger partial charge in [-0.2, -0.15) is 4.39 Å². The fraction of sp³-hybridized carbons (Fsp3) is 0.333. The van der Waals surface area contributed by atoms with Crippen LogP contribution >= 0.6 is 0 Å². The Hall–Kier alpha value is -1.39. The molecule has 1 unspecified atom stereocenters. The van der Waals surface area contributed by atoms with Crippen LogP contribution in [0.5, 0.6) is 0 Å². The first-order chi connectivity index (χ1) is 5.04. The standard InChI is InChI=1S/C6H7FN2O2/c7-6(9(10)11)3-1-5(8)2-4-6/h1-3H,4,8H2. The number of nitrogens with two attached hydrogens (primary N) is 1. The third-order valence-electron chi connectivity index (χ3n) is 1.46. The summed E-state index contributed by atoms with van der Waals surface area (Å²) in [5.41, 5.74) is 5.60. The van der Waals surface area contributed by atoms with Gasteiger partial charge in [0.05, 0.1) is 11.3 Å². The quantitative estimate of drug-likeness (QED) is 0.347. The second-order valence-electron chi connectivity index (χ2n) is 2.32. The molecule has 2 N–H and O–H groups in total. The van der Waals surface area contributed by atoms with Crippen molar-refractivity contribution >= 4 is 0 Å². The predicted octanol–water partition coefficient (Wildman–Crippen LogP) is 0.731. The van der Waals surface area contributed by atoms with Crippen molar-refractivity contribution in [1.82, 2.24) is 0 Å². The number of alkyl halides is 1. The molecule has 60 valence electrons. The average molecular weight is 158 g/mol. The van der Waals surface area contributed by atoms with Gasteiger partial charge in [-0.1, -0.05) is 6.08 Å². The molecule has 0 aromatic heterocycles. The fourth-order valence-electron chi connectivity index (χ4n) is 0.756. The molecule has 0 heterocycles. The van der Waals surface area contributed by atoms with Gasteiger partial charge in [0.25, 0.3) is 0 Å². The number of allylic oxidation sites excluding steroid dienone is 1. The van der Waals surface area contributed by atoms with E-state index < -0.39 is 10.7 Å². The fourth-order valence-corrected chi connectivity index (χ4v) is 0.756. The van der Waals surface area contributed by atoms with Crippen LogP contribution in [0.3, 0.4) is 0 Å². The Kier molecular flexibility index (Phi) is 1.64. The molecule has 11 heavy (non-hydrogen) atoms. The number of nitrogens with zero attached hydrogens (tertiary/aromatic N) is 1. The summed E-state index contributed by atoms with van der Waals surface area (Å²) in [6.45, 7) is 0. The molecule has 1 aliphatic carbocycles. The molecular weight excluding hydrogens is 151 g/mol. The van der Waals surface area contributed by atoms with E-state index in [-0.39, 0.29) is 6.42 Å². The minimum Gasteiger partial charge on any atom is -0.399 e. The van der Waals surface area contributed by atoms with Crippen molar-refractivity contribution < 1.29 is 9.31 Å². The number of hydrogen-bond donors (Lipinski definition) is 1. The summed E-state index contributed by atoms with van der Waals surface area (Å²) in [5, 5.41) is 10.1. The molecule has 0 fully saturated rings. The van der Waals surface area contributed by atoms with Gasteiger partial charge in [0.2, 0.25) is 0 Å². The maximum atomic E-state index is 13.0. The normalized spacial score (nSPS) is 29.7. The Morgan fingerprint density at radius 2 is 2.45 bits per heavy atom.